The molecule has 0 unspecified atom stereocenters. The fourth-order valence-electron chi connectivity index (χ4n) is 1.78. The van der Waals surface area contributed by atoms with Gasteiger partial charge >= 0.3 is 6.61 Å². The van der Waals surface area contributed by atoms with Crippen LogP contribution in [0.15, 0.2) is 41.3 Å². The van der Waals surface area contributed by atoms with E-state index in [2.05, 4.69) is 9.72 Å². The second kappa shape index (κ2) is 6.83. The van der Waals surface area contributed by atoms with Crippen LogP contribution in [-0.2, 0) is 6.54 Å². The molecule has 7 heteroatoms. The van der Waals surface area contributed by atoms with Gasteiger partial charge in [0.2, 0.25) is 5.88 Å². The molecule has 0 bridgehead atoms. The Labute approximate surface area is 120 Å². The smallest absolute Gasteiger partial charge is 0.388 e. The van der Waals surface area contributed by atoms with Crippen LogP contribution in [0.5, 0.6) is 5.88 Å². The molecule has 1 amide bonds. The number of pyridine rings is 1. The van der Waals surface area contributed by atoms with E-state index in [1.54, 1.807) is 17.2 Å². The maximum absolute atomic E-state index is 12.3. The Kier molecular flexibility index (Phi) is 4.86. The summed E-state index contributed by atoms with van der Waals surface area (Å²) in [5, 5.41) is 0. The molecule has 2 rings (SSSR count). The molecule has 0 aromatic carbocycles. The van der Waals surface area contributed by atoms with Gasteiger partial charge in [0.25, 0.3) is 5.91 Å². The van der Waals surface area contributed by atoms with Crippen molar-refractivity contribution in [1.29, 1.82) is 0 Å². The van der Waals surface area contributed by atoms with E-state index in [0.717, 1.165) is 5.56 Å². The van der Waals surface area contributed by atoms with E-state index in [4.69, 9.17) is 4.42 Å². The van der Waals surface area contributed by atoms with Crippen molar-refractivity contribution in [2.45, 2.75) is 20.1 Å². The molecule has 0 saturated heterocycles. The zero-order valence-electron chi connectivity index (χ0n) is 11.3. The monoisotopic (exact) mass is 296 g/mol. The predicted octanol–water partition coefficient (Wildman–Crippen LogP) is 2.94. The average Bonchev–Trinajstić information content (AvgIpc) is 2.97. The highest BCUT2D eigenvalue weighted by molar-refractivity contribution is 5.93. The SMILES string of the molecule is CCN(Cc1ccoc1)C(=O)c1ccc(OC(F)F)nc1. The third-order valence-corrected chi connectivity index (χ3v) is 2.82. The number of amides is 1. The van der Waals surface area contributed by atoms with Gasteiger partial charge in [-0.25, -0.2) is 4.98 Å². The summed E-state index contributed by atoms with van der Waals surface area (Å²) in [6.07, 6.45) is 4.32. The van der Waals surface area contributed by atoms with Gasteiger partial charge < -0.3 is 14.1 Å². The minimum Gasteiger partial charge on any atom is -0.472 e. The van der Waals surface area contributed by atoms with Crippen LogP contribution in [-0.4, -0.2) is 28.9 Å². The zero-order chi connectivity index (χ0) is 15.2. The minimum absolute atomic E-state index is 0.223. The van der Waals surface area contributed by atoms with E-state index < -0.39 is 6.61 Å². The van der Waals surface area contributed by atoms with Crippen LogP contribution in [0.4, 0.5) is 8.78 Å². The van der Waals surface area contributed by atoms with Crippen molar-refractivity contribution in [3.05, 3.63) is 48.0 Å². The van der Waals surface area contributed by atoms with Crippen molar-refractivity contribution in [3.63, 3.8) is 0 Å². The molecule has 112 valence electrons. The van der Waals surface area contributed by atoms with Gasteiger partial charge in [-0.3, -0.25) is 4.79 Å². The zero-order valence-corrected chi connectivity index (χ0v) is 11.3. The van der Waals surface area contributed by atoms with Crippen LogP contribution >= 0.6 is 0 Å². The number of hydrogen-bond donors (Lipinski definition) is 0. The van der Waals surface area contributed by atoms with Gasteiger partial charge in [0.15, 0.2) is 0 Å². The molecular formula is C14H14F2N2O3. The highest BCUT2D eigenvalue weighted by Gasteiger charge is 2.16. The Morgan fingerprint density at radius 1 is 1.43 bits per heavy atom. The van der Waals surface area contributed by atoms with Crippen LogP contribution < -0.4 is 4.74 Å². The first-order valence-electron chi connectivity index (χ1n) is 6.31. The van der Waals surface area contributed by atoms with Crippen molar-refractivity contribution in [2.75, 3.05) is 6.54 Å². The minimum atomic E-state index is -2.94. The lowest BCUT2D eigenvalue weighted by atomic mass is 10.2. The number of alkyl halides is 2. The summed E-state index contributed by atoms with van der Waals surface area (Å²) in [5.41, 5.74) is 1.18. The van der Waals surface area contributed by atoms with Gasteiger partial charge in [-0.2, -0.15) is 8.78 Å². The van der Waals surface area contributed by atoms with Crippen LogP contribution in [0.3, 0.4) is 0 Å². The summed E-state index contributed by atoms with van der Waals surface area (Å²) >= 11 is 0. The lowest BCUT2D eigenvalue weighted by Crippen LogP contribution is -2.30. The molecule has 0 radical (unpaired) electrons. The molecule has 2 aromatic heterocycles. The number of ether oxygens (including phenoxy) is 1. The predicted molar refractivity (Wildman–Crippen MR) is 70.0 cm³/mol. The number of carbonyl (C=O) groups excluding carboxylic acids is 1. The summed E-state index contributed by atoms with van der Waals surface area (Å²) in [6.45, 7) is -0.188. The lowest BCUT2D eigenvalue weighted by molar-refractivity contribution is -0.0528. The number of furan rings is 1. The Morgan fingerprint density at radius 2 is 2.24 bits per heavy atom. The quantitative estimate of drug-likeness (QED) is 0.822. The molecule has 0 aliphatic rings. The second-order valence-electron chi connectivity index (χ2n) is 4.21. The Bertz CT molecular complexity index is 570. The summed E-state index contributed by atoms with van der Waals surface area (Å²) in [5.74, 6) is -0.464. The topological polar surface area (TPSA) is 55.6 Å². The van der Waals surface area contributed by atoms with Gasteiger partial charge in [-0.15, -0.1) is 0 Å². The Morgan fingerprint density at radius 3 is 2.76 bits per heavy atom. The third-order valence-electron chi connectivity index (χ3n) is 2.82. The largest absolute Gasteiger partial charge is 0.472 e. The fourth-order valence-corrected chi connectivity index (χ4v) is 1.78. The molecule has 0 spiro atoms. The average molecular weight is 296 g/mol. The molecule has 0 saturated carbocycles. The van der Waals surface area contributed by atoms with Gasteiger partial charge in [-0.05, 0) is 19.1 Å². The second-order valence-corrected chi connectivity index (χ2v) is 4.21. The summed E-state index contributed by atoms with van der Waals surface area (Å²) in [7, 11) is 0. The third kappa shape index (κ3) is 4.01. The molecule has 0 atom stereocenters. The maximum Gasteiger partial charge on any atom is 0.388 e. The summed E-state index contributed by atoms with van der Waals surface area (Å²) in [6, 6.07) is 4.42. The number of aromatic nitrogens is 1. The summed E-state index contributed by atoms with van der Waals surface area (Å²) < 4.78 is 33.2. The number of carbonyl (C=O) groups is 1. The van der Waals surface area contributed by atoms with Crippen molar-refractivity contribution >= 4 is 5.91 Å². The maximum atomic E-state index is 12.3. The molecule has 0 N–H and O–H groups in total. The summed E-state index contributed by atoms with van der Waals surface area (Å²) in [4.78, 5) is 17.6. The van der Waals surface area contributed by atoms with Crippen molar-refractivity contribution < 1.29 is 22.7 Å². The molecule has 0 fully saturated rings. The first-order chi connectivity index (χ1) is 10.1. The van der Waals surface area contributed by atoms with E-state index in [1.807, 2.05) is 6.92 Å². The van der Waals surface area contributed by atoms with Gasteiger partial charge in [0.05, 0.1) is 18.1 Å². The van der Waals surface area contributed by atoms with Crippen molar-refractivity contribution in [3.8, 4) is 5.88 Å². The molecular weight excluding hydrogens is 282 g/mol. The molecule has 2 aromatic rings. The van der Waals surface area contributed by atoms with Crippen LogP contribution in [0.1, 0.15) is 22.8 Å². The normalized spacial score (nSPS) is 10.7. The van der Waals surface area contributed by atoms with Crippen molar-refractivity contribution in [2.24, 2.45) is 0 Å². The lowest BCUT2D eigenvalue weighted by Gasteiger charge is -2.20. The van der Waals surface area contributed by atoms with E-state index in [0.29, 0.717) is 18.7 Å². The highest BCUT2D eigenvalue weighted by atomic mass is 19.3. The first-order valence-corrected chi connectivity index (χ1v) is 6.31. The highest BCUT2D eigenvalue weighted by Crippen LogP contribution is 2.14. The van der Waals surface area contributed by atoms with Gasteiger partial charge in [-0.1, -0.05) is 0 Å². The van der Waals surface area contributed by atoms with Crippen molar-refractivity contribution in [1.82, 2.24) is 9.88 Å². The Hall–Kier alpha value is -2.44. The van der Waals surface area contributed by atoms with Crippen LogP contribution in [0, 0.1) is 0 Å². The van der Waals surface area contributed by atoms with E-state index in [1.165, 1.54) is 24.6 Å². The van der Waals surface area contributed by atoms with Crippen LogP contribution in [0.2, 0.25) is 0 Å². The molecule has 5 nitrogen and oxygen atoms in total. The van der Waals surface area contributed by atoms with Gasteiger partial charge in [0, 0.05) is 30.9 Å². The molecule has 2 heterocycles. The van der Waals surface area contributed by atoms with E-state index in [-0.39, 0.29) is 11.8 Å². The van der Waals surface area contributed by atoms with Gasteiger partial charge in [0.1, 0.15) is 0 Å². The van der Waals surface area contributed by atoms with E-state index >= 15 is 0 Å². The molecule has 0 aliphatic heterocycles. The first kappa shape index (κ1) is 15.0. The number of halogens is 2. The Balaban J connectivity index is 2.06. The fraction of sp³-hybridized carbons (Fsp3) is 0.286. The number of rotatable bonds is 6. The number of hydrogen-bond acceptors (Lipinski definition) is 4. The van der Waals surface area contributed by atoms with E-state index in [9.17, 15) is 13.6 Å². The molecule has 21 heavy (non-hydrogen) atoms. The molecule has 0 aliphatic carbocycles. The standard InChI is InChI=1S/C14H14F2N2O3/c1-2-18(8-10-5-6-20-9-10)13(19)11-3-4-12(17-7-11)21-14(15)16/h3-7,9,14H,2,8H2,1H3. The number of nitrogens with zero attached hydrogens (tertiary/aromatic N) is 2. The van der Waals surface area contributed by atoms with Crippen LogP contribution in [0.25, 0.3) is 0 Å².